The van der Waals surface area contributed by atoms with Crippen molar-refractivity contribution in [2.75, 3.05) is 6.61 Å². The van der Waals surface area contributed by atoms with E-state index in [2.05, 4.69) is 11.9 Å². The first-order valence-corrected chi connectivity index (χ1v) is 10.7. The van der Waals surface area contributed by atoms with Gasteiger partial charge in [0.1, 0.15) is 11.3 Å². The van der Waals surface area contributed by atoms with Gasteiger partial charge in [-0.25, -0.2) is 0 Å². The number of benzene rings is 2. The first-order chi connectivity index (χ1) is 15.7. The molecular formula is C26H22N2O4. The number of amides is 1. The van der Waals surface area contributed by atoms with Crippen molar-refractivity contribution in [3.63, 3.8) is 0 Å². The van der Waals surface area contributed by atoms with E-state index in [9.17, 15) is 9.59 Å². The van der Waals surface area contributed by atoms with Crippen LogP contribution in [0.1, 0.15) is 46.6 Å². The Morgan fingerprint density at radius 3 is 2.59 bits per heavy atom. The molecule has 0 N–H and O–H groups in total. The van der Waals surface area contributed by atoms with Gasteiger partial charge >= 0.3 is 0 Å². The van der Waals surface area contributed by atoms with Crippen LogP contribution in [0.2, 0.25) is 0 Å². The first-order valence-electron chi connectivity index (χ1n) is 10.7. The molecule has 5 rings (SSSR count). The van der Waals surface area contributed by atoms with Gasteiger partial charge in [-0.15, -0.1) is 0 Å². The number of rotatable bonds is 6. The minimum Gasteiger partial charge on any atom is -0.494 e. The van der Waals surface area contributed by atoms with E-state index in [1.807, 2.05) is 36.4 Å². The number of para-hydroxylation sites is 1. The summed E-state index contributed by atoms with van der Waals surface area (Å²) in [6.45, 7) is 2.99. The van der Waals surface area contributed by atoms with Crippen molar-refractivity contribution in [2.24, 2.45) is 0 Å². The number of carbonyl (C=O) groups is 1. The van der Waals surface area contributed by atoms with Gasteiger partial charge in [-0.3, -0.25) is 14.6 Å². The van der Waals surface area contributed by atoms with Crippen LogP contribution in [-0.2, 0) is 6.54 Å². The van der Waals surface area contributed by atoms with Crippen molar-refractivity contribution in [1.82, 2.24) is 9.88 Å². The van der Waals surface area contributed by atoms with Crippen molar-refractivity contribution in [3.8, 4) is 5.75 Å². The molecule has 1 atom stereocenters. The van der Waals surface area contributed by atoms with Crippen LogP contribution in [0.4, 0.5) is 0 Å². The van der Waals surface area contributed by atoms with Crippen LogP contribution in [0, 0.1) is 0 Å². The van der Waals surface area contributed by atoms with E-state index in [1.54, 1.807) is 41.6 Å². The van der Waals surface area contributed by atoms with Gasteiger partial charge in [-0.05, 0) is 47.9 Å². The molecule has 6 heteroatoms. The minimum atomic E-state index is -0.557. The Labute approximate surface area is 185 Å². The van der Waals surface area contributed by atoms with E-state index in [0.29, 0.717) is 29.7 Å². The molecule has 0 bridgehead atoms. The van der Waals surface area contributed by atoms with Crippen LogP contribution >= 0.6 is 0 Å². The molecule has 2 aromatic carbocycles. The standard InChI is InChI=1S/C26H22N2O4/c1-2-14-31-19-11-9-18(10-12-19)23-22-24(29)20-7-3-4-8-21(20)32-25(22)26(30)28(23)16-17-6-5-13-27-15-17/h3-13,15,23H,2,14,16H2,1H3. The van der Waals surface area contributed by atoms with E-state index in [-0.39, 0.29) is 17.1 Å². The Morgan fingerprint density at radius 2 is 1.84 bits per heavy atom. The molecule has 0 saturated carbocycles. The lowest BCUT2D eigenvalue weighted by Gasteiger charge is -2.25. The highest BCUT2D eigenvalue weighted by atomic mass is 16.5. The second-order valence-electron chi connectivity index (χ2n) is 7.78. The van der Waals surface area contributed by atoms with Crippen LogP contribution in [0.3, 0.4) is 0 Å². The number of pyridine rings is 1. The maximum Gasteiger partial charge on any atom is 0.291 e. The fraction of sp³-hybridized carbons (Fsp3) is 0.192. The van der Waals surface area contributed by atoms with Crippen molar-refractivity contribution in [3.05, 3.63) is 106 Å². The zero-order valence-corrected chi connectivity index (χ0v) is 17.7. The zero-order chi connectivity index (χ0) is 22.1. The lowest BCUT2D eigenvalue weighted by molar-refractivity contribution is 0.0714. The van der Waals surface area contributed by atoms with Crippen LogP contribution < -0.4 is 10.2 Å². The monoisotopic (exact) mass is 426 g/mol. The van der Waals surface area contributed by atoms with Crippen molar-refractivity contribution in [1.29, 1.82) is 0 Å². The number of ether oxygens (including phenoxy) is 1. The summed E-state index contributed by atoms with van der Waals surface area (Å²) >= 11 is 0. The minimum absolute atomic E-state index is 0.105. The molecule has 2 aromatic heterocycles. The van der Waals surface area contributed by atoms with Crippen LogP contribution in [0.15, 0.2) is 82.3 Å². The molecule has 32 heavy (non-hydrogen) atoms. The smallest absolute Gasteiger partial charge is 0.291 e. The number of carbonyl (C=O) groups excluding carboxylic acids is 1. The van der Waals surface area contributed by atoms with Gasteiger partial charge in [0.05, 0.1) is 23.6 Å². The van der Waals surface area contributed by atoms with Gasteiger partial charge in [0.25, 0.3) is 5.91 Å². The zero-order valence-electron chi connectivity index (χ0n) is 17.7. The second kappa shape index (κ2) is 8.30. The van der Waals surface area contributed by atoms with E-state index in [1.165, 1.54) is 0 Å². The Hall–Kier alpha value is -3.93. The molecule has 1 unspecified atom stereocenters. The lowest BCUT2D eigenvalue weighted by Crippen LogP contribution is -2.29. The third-order valence-corrected chi connectivity index (χ3v) is 5.62. The van der Waals surface area contributed by atoms with Crippen molar-refractivity contribution >= 4 is 16.9 Å². The Bertz CT molecular complexity index is 1330. The van der Waals surface area contributed by atoms with Gasteiger partial charge < -0.3 is 14.1 Å². The van der Waals surface area contributed by atoms with E-state index >= 15 is 0 Å². The third-order valence-electron chi connectivity index (χ3n) is 5.62. The van der Waals surface area contributed by atoms with Crippen molar-refractivity contribution < 1.29 is 13.9 Å². The van der Waals surface area contributed by atoms with Gasteiger partial charge in [0, 0.05) is 18.9 Å². The molecule has 3 heterocycles. The number of hydrogen-bond acceptors (Lipinski definition) is 5. The van der Waals surface area contributed by atoms with Gasteiger partial charge in [-0.1, -0.05) is 37.3 Å². The summed E-state index contributed by atoms with van der Waals surface area (Å²) in [6, 6.07) is 17.8. The molecule has 0 radical (unpaired) electrons. The highest BCUT2D eigenvalue weighted by Gasteiger charge is 2.42. The molecule has 6 nitrogen and oxygen atoms in total. The number of fused-ring (bicyclic) bond motifs is 2. The number of nitrogens with zero attached hydrogens (tertiary/aromatic N) is 2. The average Bonchev–Trinajstić information content (AvgIpc) is 3.10. The fourth-order valence-corrected chi connectivity index (χ4v) is 4.13. The van der Waals surface area contributed by atoms with Gasteiger partial charge in [0.2, 0.25) is 5.76 Å². The molecule has 160 valence electrons. The summed E-state index contributed by atoms with van der Waals surface area (Å²) in [6.07, 6.45) is 4.33. The van der Waals surface area contributed by atoms with Crippen molar-refractivity contribution in [2.45, 2.75) is 25.9 Å². The largest absolute Gasteiger partial charge is 0.494 e. The van der Waals surface area contributed by atoms with Crippen LogP contribution in [0.25, 0.3) is 11.0 Å². The summed E-state index contributed by atoms with van der Waals surface area (Å²) in [5.74, 6) is 0.557. The van der Waals surface area contributed by atoms with E-state index in [0.717, 1.165) is 23.3 Å². The number of aromatic nitrogens is 1. The molecule has 0 spiro atoms. The molecule has 0 fully saturated rings. The predicted molar refractivity (Wildman–Crippen MR) is 121 cm³/mol. The number of hydrogen-bond donors (Lipinski definition) is 0. The molecular weight excluding hydrogens is 404 g/mol. The molecule has 1 amide bonds. The van der Waals surface area contributed by atoms with Gasteiger partial charge in [-0.2, -0.15) is 0 Å². The molecule has 0 saturated heterocycles. The molecule has 1 aliphatic heterocycles. The second-order valence-corrected chi connectivity index (χ2v) is 7.78. The molecule has 4 aromatic rings. The normalized spacial score (nSPS) is 15.2. The lowest BCUT2D eigenvalue weighted by atomic mass is 9.98. The Balaban J connectivity index is 1.64. The summed E-state index contributed by atoms with van der Waals surface area (Å²) in [5, 5.41) is 0.468. The van der Waals surface area contributed by atoms with Crippen LogP contribution in [-0.4, -0.2) is 22.4 Å². The highest BCUT2D eigenvalue weighted by Crippen LogP contribution is 2.39. The maximum absolute atomic E-state index is 13.5. The van der Waals surface area contributed by atoms with Crippen LogP contribution in [0.5, 0.6) is 5.75 Å². The molecule has 1 aliphatic rings. The molecule has 0 aliphatic carbocycles. The Morgan fingerprint density at radius 1 is 1.03 bits per heavy atom. The SMILES string of the molecule is CCCOc1ccc(C2c3c(oc4ccccc4c3=O)C(=O)N2Cc2cccnc2)cc1. The summed E-state index contributed by atoms with van der Waals surface area (Å²) in [7, 11) is 0. The predicted octanol–water partition coefficient (Wildman–Crippen LogP) is 4.72. The average molecular weight is 426 g/mol. The topological polar surface area (TPSA) is 72.6 Å². The van der Waals surface area contributed by atoms with E-state index < -0.39 is 6.04 Å². The fourth-order valence-electron chi connectivity index (χ4n) is 4.13. The summed E-state index contributed by atoms with van der Waals surface area (Å²) in [4.78, 5) is 32.8. The Kier molecular flexibility index (Phi) is 5.19. The van der Waals surface area contributed by atoms with Gasteiger partial charge in [0.15, 0.2) is 5.43 Å². The first kappa shape index (κ1) is 20.0. The summed E-state index contributed by atoms with van der Waals surface area (Å²) < 4.78 is 11.7. The maximum atomic E-state index is 13.5. The summed E-state index contributed by atoms with van der Waals surface area (Å²) in [5.41, 5.74) is 2.31. The van der Waals surface area contributed by atoms with E-state index in [4.69, 9.17) is 9.15 Å². The quantitative estimate of drug-likeness (QED) is 0.446. The highest BCUT2D eigenvalue weighted by molar-refractivity contribution is 5.99. The third kappa shape index (κ3) is 3.43.